The number of hydrogen-bond donors (Lipinski definition) is 0. The van der Waals surface area contributed by atoms with Gasteiger partial charge < -0.3 is 0 Å². The number of ketones is 1. The minimum atomic E-state index is -0.372. The molecule has 0 saturated carbocycles. The van der Waals surface area contributed by atoms with E-state index in [2.05, 4.69) is 15.1 Å². The molecule has 0 spiro atoms. The van der Waals surface area contributed by atoms with Gasteiger partial charge in [0.15, 0.2) is 11.4 Å². The SMILES string of the molecule is O=C(CSc1ncnc2c1cnn2-c1ccccc1Cl)c1ccc(F)cc1. The van der Waals surface area contributed by atoms with E-state index in [0.717, 1.165) is 5.39 Å². The highest BCUT2D eigenvalue weighted by molar-refractivity contribution is 8.00. The van der Waals surface area contributed by atoms with Crippen LogP contribution in [0.25, 0.3) is 16.7 Å². The largest absolute Gasteiger partial charge is 0.293 e. The molecule has 0 aliphatic heterocycles. The minimum Gasteiger partial charge on any atom is -0.293 e. The maximum atomic E-state index is 13.0. The standard InChI is InChI=1S/C19H12ClFN4OS/c20-15-3-1-2-4-16(15)25-18-14(9-24-25)19(23-11-22-18)27-10-17(26)12-5-7-13(21)8-6-12/h1-9,11H,10H2. The predicted octanol–water partition coefficient (Wildman–Crippen LogP) is 4.58. The van der Waals surface area contributed by atoms with E-state index in [1.165, 1.54) is 42.4 Å². The van der Waals surface area contributed by atoms with Crippen LogP contribution >= 0.6 is 23.4 Å². The number of Topliss-reactive ketones (excluding diaryl/α,β-unsaturated/α-hetero) is 1. The lowest BCUT2D eigenvalue weighted by Crippen LogP contribution is -2.03. The molecule has 0 radical (unpaired) electrons. The Morgan fingerprint density at radius 1 is 1.11 bits per heavy atom. The average Bonchev–Trinajstić information content (AvgIpc) is 3.11. The first-order valence-electron chi connectivity index (χ1n) is 7.98. The van der Waals surface area contributed by atoms with Crippen molar-refractivity contribution in [2.75, 3.05) is 5.75 Å². The Kier molecular flexibility index (Phi) is 4.87. The van der Waals surface area contributed by atoms with Gasteiger partial charge in [0.25, 0.3) is 0 Å². The number of nitrogens with zero attached hydrogens (tertiary/aromatic N) is 4. The summed E-state index contributed by atoms with van der Waals surface area (Å²) in [6, 6.07) is 12.8. The van der Waals surface area contributed by atoms with E-state index >= 15 is 0 Å². The quantitative estimate of drug-likeness (QED) is 0.279. The van der Waals surface area contributed by atoms with Gasteiger partial charge in [-0.2, -0.15) is 5.10 Å². The highest BCUT2D eigenvalue weighted by atomic mass is 35.5. The summed E-state index contributed by atoms with van der Waals surface area (Å²) in [5, 5.41) is 6.31. The number of para-hydroxylation sites is 1. The molecule has 0 unspecified atom stereocenters. The molecule has 8 heteroatoms. The molecule has 0 aliphatic rings. The zero-order valence-electron chi connectivity index (χ0n) is 13.8. The first kappa shape index (κ1) is 17.6. The van der Waals surface area contributed by atoms with Crippen LogP contribution in [0.1, 0.15) is 10.4 Å². The van der Waals surface area contributed by atoms with Gasteiger partial charge in [0.2, 0.25) is 0 Å². The topological polar surface area (TPSA) is 60.7 Å². The number of benzene rings is 2. The maximum absolute atomic E-state index is 13.0. The van der Waals surface area contributed by atoms with E-state index in [1.54, 1.807) is 16.9 Å². The lowest BCUT2D eigenvalue weighted by atomic mass is 10.1. The van der Waals surface area contributed by atoms with Crippen LogP contribution in [0.4, 0.5) is 4.39 Å². The Bertz CT molecular complexity index is 1130. The second-order valence-corrected chi connectivity index (χ2v) is 7.01. The summed E-state index contributed by atoms with van der Waals surface area (Å²) in [4.78, 5) is 20.9. The Hall–Kier alpha value is -2.77. The minimum absolute atomic E-state index is 0.106. The number of halogens is 2. The Morgan fingerprint density at radius 3 is 2.67 bits per heavy atom. The first-order valence-corrected chi connectivity index (χ1v) is 9.35. The van der Waals surface area contributed by atoms with E-state index < -0.39 is 0 Å². The molecule has 0 atom stereocenters. The lowest BCUT2D eigenvalue weighted by molar-refractivity contribution is 0.102. The summed E-state index contributed by atoms with van der Waals surface area (Å²) >= 11 is 7.55. The molecule has 4 rings (SSSR count). The van der Waals surface area contributed by atoms with Crippen LogP contribution in [0.3, 0.4) is 0 Å². The Labute approximate surface area is 163 Å². The maximum Gasteiger partial charge on any atom is 0.173 e. The second-order valence-electron chi connectivity index (χ2n) is 5.64. The number of aromatic nitrogens is 4. The van der Waals surface area contributed by atoms with Gasteiger partial charge in [0, 0.05) is 5.56 Å². The number of thioether (sulfide) groups is 1. The summed E-state index contributed by atoms with van der Waals surface area (Å²) in [6.45, 7) is 0. The molecule has 0 saturated heterocycles. The van der Waals surface area contributed by atoms with Crippen LogP contribution in [0.2, 0.25) is 5.02 Å². The molecule has 0 N–H and O–H groups in total. The Balaban J connectivity index is 1.61. The van der Waals surface area contributed by atoms with E-state index in [4.69, 9.17) is 11.6 Å². The molecule has 0 aliphatic carbocycles. The van der Waals surface area contributed by atoms with Crippen LogP contribution in [-0.2, 0) is 0 Å². The lowest BCUT2D eigenvalue weighted by Gasteiger charge is -2.06. The van der Waals surface area contributed by atoms with Crippen LogP contribution in [0.15, 0.2) is 66.1 Å². The summed E-state index contributed by atoms with van der Waals surface area (Å²) in [5.74, 6) is -0.302. The van der Waals surface area contributed by atoms with Crippen molar-refractivity contribution >= 4 is 40.2 Å². The van der Waals surface area contributed by atoms with E-state index in [1.807, 2.05) is 18.2 Å². The summed E-state index contributed by atoms with van der Waals surface area (Å²) < 4.78 is 14.6. The molecule has 0 fully saturated rings. The number of carbonyl (C=O) groups excluding carboxylic acids is 1. The van der Waals surface area contributed by atoms with Crippen molar-refractivity contribution in [1.29, 1.82) is 0 Å². The van der Waals surface area contributed by atoms with Crippen molar-refractivity contribution < 1.29 is 9.18 Å². The van der Waals surface area contributed by atoms with Gasteiger partial charge in [0.1, 0.15) is 17.2 Å². The highest BCUT2D eigenvalue weighted by Crippen LogP contribution is 2.28. The third-order valence-electron chi connectivity index (χ3n) is 3.92. The van der Waals surface area contributed by atoms with Gasteiger partial charge in [-0.15, -0.1) is 0 Å². The third-order valence-corrected chi connectivity index (χ3v) is 5.24. The van der Waals surface area contributed by atoms with Gasteiger partial charge in [-0.1, -0.05) is 35.5 Å². The smallest absolute Gasteiger partial charge is 0.173 e. The third kappa shape index (κ3) is 3.56. The normalized spacial score (nSPS) is 11.0. The van der Waals surface area contributed by atoms with Crippen molar-refractivity contribution in [2.45, 2.75) is 5.03 Å². The molecule has 5 nitrogen and oxygen atoms in total. The number of fused-ring (bicyclic) bond motifs is 1. The average molecular weight is 399 g/mol. The fraction of sp³-hybridized carbons (Fsp3) is 0.0526. The van der Waals surface area contributed by atoms with Gasteiger partial charge >= 0.3 is 0 Å². The van der Waals surface area contributed by atoms with Crippen molar-refractivity contribution in [2.24, 2.45) is 0 Å². The van der Waals surface area contributed by atoms with Crippen LogP contribution in [0.5, 0.6) is 0 Å². The zero-order valence-corrected chi connectivity index (χ0v) is 15.4. The van der Waals surface area contributed by atoms with E-state index in [-0.39, 0.29) is 17.4 Å². The number of hydrogen-bond acceptors (Lipinski definition) is 5. The molecule has 2 aromatic heterocycles. The zero-order chi connectivity index (χ0) is 18.8. The fourth-order valence-electron chi connectivity index (χ4n) is 2.59. The number of rotatable bonds is 5. The van der Waals surface area contributed by atoms with Crippen LogP contribution < -0.4 is 0 Å². The Morgan fingerprint density at radius 2 is 1.89 bits per heavy atom. The molecule has 0 amide bonds. The van der Waals surface area contributed by atoms with Crippen molar-refractivity contribution in [1.82, 2.24) is 19.7 Å². The van der Waals surface area contributed by atoms with Gasteiger partial charge in [-0.25, -0.2) is 19.0 Å². The highest BCUT2D eigenvalue weighted by Gasteiger charge is 2.15. The molecule has 4 aromatic rings. The van der Waals surface area contributed by atoms with Crippen molar-refractivity contribution in [3.63, 3.8) is 0 Å². The molecule has 2 aromatic carbocycles. The molecule has 27 heavy (non-hydrogen) atoms. The van der Waals surface area contributed by atoms with Crippen molar-refractivity contribution in [3.8, 4) is 5.69 Å². The molecular formula is C19H12ClFN4OS. The predicted molar refractivity (Wildman–Crippen MR) is 103 cm³/mol. The van der Waals surface area contributed by atoms with Gasteiger partial charge in [-0.3, -0.25) is 4.79 Å². The summed E-state index contributed by atoms with van der Waals surface area (Å²) in [6.07, 6.45) is 3.09. The summed E-state index contributed by atoms with van der Waals surface area (Å²) in [5.41, 5.74) is 1.78. The van der Waals surface area contributed by atoms with E-state index in [9.17, 15) is 9.18 Å². The van der Waals surface area contributed by atoms with Crippen LogP contribution in [0, 0.1) is 5.82 Å². The van der Waals surface area contributed by atoms with Gasteiger partial charge in [-0.05, 0) is 36.4 Å². The van der Waals surface area contributed by atoms with Gasteiger partial charge in [0.05, 0.1) is 28.0 Å². The molecular weight excluding hydrogens is 387 g/mol. The summed E-state index contributed by atoms with van der Waals surface area (Å²) in [7, 11) is 0. The molecule has 2 heterocycles. The molecule has 134 valence electrons. The van der Waals surface area contributed by atoms with Crippen molar-refractivity contribution in [3.05, 3.63) is 77.5 Å². The first-order chi connectivity index (χ1) is 13.1. The molecule has 0 bridgehead atoms. The van der Waals surface area contributed by atoms with Crippen LogP contribution in [-0.4, -0.2) is 31.3 Å². The monoisotopic (exact) mass is 398 g/mol. The van der Waals surface area contributed by atoms with E-state index in [0.29, 0.717) is 26.9 Å². The number of carbonyl (C=O) groups is 1. The fourth-order valence-corrected chi connectivity index (χ4v) is 3.66. The second kappa shape index (κ2) is 7.46.